The minimum atomic E-state index is -1.04. The lowest BCUT2D eigenvalue weighted by Crippen LogP contribution is -1.94. The van der Waals surface area contributed by atoms with Crippen LogP contribution in [0.25, 0.3) is 0 Å². The van der Waals surface area contributed by atoms with Crippen LogP contribution in [0.4, 0.5) is 10.1 Å². The van der Waals surface area contributed by atoms with Gasteiger partial charge in [0.1, 0.15) is 5.82 Å². The van der Waals surface area contributed by atoms with Gasteiger partial charge in [0.2, 0.25) is 0 Å². The molecule has 0 amide bonds. The molecule has 2 aromatic carbocycles. The monoisotopic (exact) mass is 293 g/mol. The third-order valence-corrected chi connectivity index (χ3v) is 3.51. The number of nitro benzene ring substituents is 1. The molecule has 0 saturated heterocycles. The van der Waals surface area contributed by atoms with E-state index in [9.17, 15) is 19.3 Å². The number of halogens is 1. The Morgan fingerprint density at radius 1 is 1.20 bits per heavy atom. The van der Waals surface area contributed by atoms with E-state index < -0.39 is 16.7 Å². The van der Waals surface area contributed by atoms with Gasteiger partial charge in [0.15, 0.2) is 0 Å². The number of aromatic carboxylic acids is 1. The quantitative estimate of drug-likeness (QED) is 0.688. The van der Waals surface area contributed by atoms with Gasteiger partial charge in [-0.3, -0.25) is 10.1 Å². The Labute approximate surface area is 117 Å². The first-order chi connectivity index (χ1) is 9.47. The van der Waals surface area contributed by atoms with Crippen molar-refractivity contribution in [1.82, 2.24) is 0 Å². The molecule has 0 radical (unpaired) electrons. The van der Waals surface area contributed by atoms with E-state index in [0.29, 0.717) is 4.90 Å². The first-order valence-electron chi connectivity index (χ1n) is 5.42. The van der Waals surface area contributed by atoms with Crippen molar-refractivity contribution in [2.75, 3.05) is 0 Å². The fraction of sp³-hybridized carbons (Fsp3) is 0. The predicted octanol–water partition coefficient (Wildman–Crippen LogP) is 3.58. The van der Waals surface area contributed by atoms with Gasteiger partial charge in [0, 0.05) is 15.9 Å². The number of hydrogen-bond acceptors (Lipinski definition) is 4. The highest BCUT2D eigenvalue weighted by atomic mass is 32.2. The Kier molecular flexibility index (Phi) is 3.99. The van der Waals surface area contributed by atoms with Crippen LogP contribution in [-0.4, -0.2) is 16.0 Å². The SMILES string of the molecule is O=C(O)c1ccc(Sc2ccc([N+](=O)[O-])cc2F)cc1. The molecule has 102 valence electrons. The maximum absolute atomic E-state index is 13.7. The van der Waals surface area contributed by atoms with Crippen molar-refractivity contribution in [2.45, 2.75) is 9.79 Å². The molecule has 2 rings (SSSR count). The minimum Gasteiger partial charge on any atom is -0.478 e. The molecular weight excluding hydrogens is 285 g/mol. The van der Waals surface area contributed by atoms with Crippen molar-refractivity contribution < 1.29 is 19.2 Å². The van der Waals surface area contributed by atoms with E-state index in [-0.39, 0.29) is 16.1 Å². The van der Waals surface area contributed by atoms with Crippen LogP contribution < -0.4 is 0 Å². The van der Waals surface area contributed by atoms with E-state index >= 15 is 0 Å². The Bertz CT molecular complexity index is 673. The number of non-ortho nitro benzene ring substituents is 1. The average molecular weight is 293 g/mol. The molecule has 0 spiro atoms. The summed E-state index contributed by atoms with van der Waals surface area (Å²) < 4.78 is 13.7. The molecule has 0 saturated carbocycles. The molecule has 0 aliphatic rings. The van der Waals surface area contributed by atoms with Crippen molar-refractivity contribution in [2.24, 2.45) is 0 Å². The van der Waals surface area contributed by atoms with Gasteiger partial charge in [-0.15, -0.1) is 0 Å². The van der Waals surface area contributed by atoms with E-state index in [1.165, 1.54) is 24.3 Å². The number of rotatable bonds is 4. The third-order valence-electron chi connectivity index (χ3n) is 2.46. The summed E-state index contributed by atoms with van der Waals surface area (Å²) in [4.78, 5) is 21.4. The van der Waals surface area contributed by atoms with Crippen LogP contribution in [0.15, 0.2) is 52.3 Å². The van der Waals surface area contributed by atoms with E-state index in [1.54, 1.807) is 12.1 Å². The first kappa shape index (κ1) is 14.0. The zero-order valence-corrected chi connectivity index (χ0v) is 10.8. The topological polar surface area (TPSA) is 80.4 Å². The maximum atomic E-state index is 13.7. The van der Waals surface area contributed by atoms with Crippen molar-refractivity contribution in [1.29, 1.82) is 0 Å². The summed E-state index contributed by atoms with van der Waals surface area (Å²) in [5.41, 5.74) is -0.174. The first-order valence-corrected chi connectivity index (χ1v) is 6.24. The standard InChI is InChI=1S/C13H8FNO4S/c14-11-7-9(15(18)19)3-6-12(11)20-10-4-1-8(2-5-10)13(16)17/h1-7H,(H,16,17). The maximum Gasteiger partial charge on any atom is 0.335 e. The van der Waals surface area contributed by atoms with Crippen molar-refractivity contribution in [3.63, 3.8) is 0 Å². The van der Waals surface area contributed by atoms with Crippen LogP contribution in [0.2, 0.25) is 0 Å². The number of nitro groups is 1. The van der Waals surface area contributed by atoms with Gasteiger partial charge in [-0.1, -0.05) is 11.8 Å². The molecule has 0 unspecified atom stereocenters. The summed E-state index contributed by atoms with van der Waals surface area (Å²) >= 11 is 1.06. The molecule has 20 heavy (non-hydrogen) atoms. The van der Waals surface area contributed by atoms with Crippen LogP contribution in [0, 0.1) is 15.9 Å². The fourth-order valence-electron chi connectivity index (χ4n) is 1.48. The van der Waals surface area contributed by atoms with Gasteiger partial charge < -0.3 is 5.11 Å². The number of hydrogen-bond donors (Lipinski definition) is 1. The van der Waals surface area contributed by atoms with Crippen LogP contribution in [-0.2, 0) is 0 Å². The van der Waals surface area contributed by atoms with Gasteiger partial charge in [-0.25, -0.2) is 9.18 Å². The number of benzene rings is 2. The van der Waals surface area contributed by atoms with E-state index in [1.807, 2.05) is 0 Å². The number of carboxylic acid groups (broad SMARTS) is 1. The van der Waals surface area contributed by atoms with Crippen LogP contribution in [0.3, 0.4) is 0 Å². The smallest absolute Gasteiger partial charge is 0.335 e. The predicted molar refractivity (Wildman–Crippen MR) is 70.6 cm³/mol. The van der Waals surface area contributed by atoms with Crippen molar-refractivity contribution in [3.05, 3.63) is 64.0 Å². The molecule has 0 heterocycles. The Morgan fingerprint density at radius 3 is 2.35 bits per heavy atom. The Balaban J connectivity index is 2.21. The summed E-state index contributed by atoms with van der Waals surface area (Å²) in [5.74, 6) is -1.73. The second kappa shape index (κ2) is 5.70. The molecule has 2 aromatic rings. The highest BCUT2D eigenvalue weighted by molar-refractivity contribution is 7.99. The van der Waals surface area contributed by atoms with E-state index in [0.717, 1.165) is 17.8 Å². The largest absolute Gasteiger partial charge is 0.478 e. The number of carbonyl (C=O) groups is 1. The molecule has 0 aliphatic carbocycles. The molecule has 0 fully saturated rings. The molecule has 0 bridgehead atoms. The minimum absolute atomic E-state index is 0.138. The lowest BCUT2D eigenvalue weighted by Gasteiger charge is -2.03. The van der Waals surface area contributed by atoms with Crippen molar-refractivity contribution >= 4 is 23.4 Å². The van der Waals surface area contributed by atoms with Crippen LogP contribution in [0.5, 0.6) is 0 Å². The van der Waals surface area contributed by atoms with Crippen molar-refractivity contribution in [3.8, 4) is 0 Å². The molecule has 0 atom stereocenters. The summed E-state index contributed by atoms with van der Waals surface area (Å²) in [6.45, 7) is 0. The summed E-state index contributed by atoms with van der Waals surface area (Å²) in [5, 5.41) is 19.3. The van der Waals surface area contributed by atoms with Gasteiger partial charge in [0.05, 0.1) is 16.6 Å². The third kappa shape index (κ3) is 3.12. The van der Waals surface area contributed by atoms with Gasteiger partial charge in [0.25, 0.3) is 5.69 Å². The zero-order chi connectivity index (χ0) is 14.7. The average Bonchev–Trinajstić information content (AvgIpc) is 2.41. The molecule has 0 aliphatic heterocycles. The normalized spacial score (nSPS) is 10.2. The number of nitrogens with zero attached hydrogens (tertiary/aromatic N) is 1. The van der Waals surface area contributed by atoms with Crippen LogP contribution >= 0.6 is 11.8 Å². The van der Waals surface area contributed by atoms with E-state index in [4.69, 9.17) is 5.11 Å². The highest BCUT2D eigenvalue weighted by Crippen LogP contribution is 2.31. The Morgan fingerprint density at radius 2 is 1.85 bits per heavy atom. The van der Waals surface area contributed by atoms with Gasteiger partial charge in [-0.05, 0) is 30.3 Å². The zero-order valence-electron chi connectivity index (χ0n) is 9.95. The summed E-state index contributed by atoms with van der Waals surface area (Å²) in [7, 11) is 0. The fourth-order valence-corrected chi connectivity index (χ4v) is 2.30. The van der Waals surface area contributed by atoms with Gasteiger partial charge >= 0.3 is 5.97 Å². The molecular formula is C13H8FNO4S. The summed E-state index contributed by atoms with van der Waals surface area (Å²) in [6.07, 6.45) is 0. The molecule has 5 nitrogen and oxygen atoms in total. The van der Waals surface area contributed by atoms with Gasteiger partial charge in [-0.2, -0.15) is 0 Å². The molecule has 1 N–H and O–H groups in total. The lowest BCUT2D eigenvalue weighted by molar-refractivity contribution is -0.385. The molecule has 0 aromatic heterocycles. The van der Waals surface area contributed by atoms with E-state index in [2.05, 4.69) is 0 Å². The number of carboxylic acids is 1. The summed E-state index contributed by atoms with van der Waals surface area (Å²) in [6, 6.07) is 9.32. The second-order valence-corrected chi connectivity index (χ2v) is 4.92. The Hall–Kier alpha value is -2.41. The lowest BCUT2D eigenvalue weighted by atomic mass is 10.2. The van der Waals surface area contributed by atoms with Crippen LogP contribution in [0.1, 0.15) is 10.4 Å². The highest BCUT2D eigenvalue weighted by Gasteiger charge is 2.12. The second-order valence-electron chi connectivity index (χ2n) is 3.80. The molecule has 7 heteroatoms.